The summed E-state index contributed by atoms with van der Waals surface area (Å²) in [6.07, 6.45) is 6.72. The SMILES string of the molecule is CCc1ccc(NC(=O)C(=O)NCCCC[C@@H]2CCCNC2)cc1. The van der Waals surface area contributed by atoms with Gasteiger partial charge < -0.3 is 16.0 Å². The van der Waals surface area contributed by atoms with Crippen LogP contribution < -0.4 is 16.0 Å². The van der Waals surface area contributed by atoms with E-state index in [0.717, 1.165) is 38.3 Å². The first-order chi connectivity index (χ1) is 11.7. The summed E-state index contributed by atoms with van der Waals surface area (Å²) in [6, 6.07) is 7.55. The molecule has 24 heavy (non-hydrogen) atoms. The molecule has 3 N–H and O–H groups in total. The lowest BCUT2D eigenvalue weighted by Gasteiger charge is -2.22. The summed E-state index contributed by atoms with van der Waals surface area (Å²) in [7, 11) is 0. The Morgan fingerprint density at radius 2 is 1.96 bits per heavy atom. The lowest BCUT2D eigenvalue weighted by Crippen LogP contribution is -2.36. The molecule has 0 aromatic heterocycles. The number of hydrogen-bond donors (Lipinski definition) is 3. The van der Waals surface area contributed by atoms with Crippen LogP contribution in [-0.2, 0) is 16.0 Å². The Kier molecular flexibility index (Phi) is 7.75. The number of amides is 2. The monoisotopic (exact) mass is 331 g/mol. The molecular weight excluding hydrogens is 302 g/mol. The molecule has 2 rings (SSSR count). The molecule has 0 radical (unpaired) electrons. The molecule has 1 aliphatic rings. The topological polar surface area (TPSA) is 70.2 Å². The summed E-state index contributed by atoms with van der Waals surface area (Å²) >= 11 is 0. The van der Waals surface area contributed by atoms with Gasteiger partial charge in [-0.15, -0.1) is 0 Å². The molecule has 1 saturated heterocycles. The van der Waals surface area contributed by atoms with Crippen LogP contribution in [0.1, 0.15) is 44.6 Å². The van der Waals surface area contributed by atoms with Gasteiger partial charge in [-0.3, -0.25) is 9.59 Å². The van der Waals surface area contributed by atoms with Gasteiger partial charge in [-0.1, -0.05) is 25.5 Å². The van der Waals surface area contributed by atoms with E-state index in [1.54, 1.807) is 0 Å². The van der Waals surface area contributed by atoms with E-state index in [-0.39, 0.29) is 0 Å². The van der Waals surface area contributed by atoms with Crippen molar-refractivity contribution in [1.29, 1.82) is 0 Å². The predicted octanol–water partition coefficient (Wildman–Crippen LogP) is 2.47. The van der Waals surface area contributed by atoms with Crippen molar-refractivity contribution in [3.05, 3.63) is 29.8 Å². The summed E-state index contributed by atoms with van der Waals surface area (Å²) < 4.78 is 0. The fourth-order valence-electron chi connectivity index (χ4n) is 3.02. The molecule has 1 atom stereocenters. The average Bonchev–Trinajstić information content (AvgIpc) is 2.62. The molecule has 0 saturated carbocycles. The smallest absolute Gasteiger partial charge is 0.313 e. The fraction of sp³-hybridized carbons (Fsp3) is 0.579. The van der Waals surface area contributed by atoms with Gasteiger partial charge in [0.25, 0.3) is 0 Å². The van der Waals surface area contributed by atoms with Crippen molar-refractivity contribution < 1.29 is 9.59 Å². The molecule has 1 aromatic carbocycles. The molecule has 0 bridgehead atoms. The molecule has 2 amide bonds. The summed E-state index contributed by atoms with van der Waals surface area (Å²) in [6.45, 7) is 4.89. The maximum atomic E-state index is 11.8. The van der Waals surface area contributed by atoms with E-state index in [2.05, 4.69) is 22.9 Å². The maximum absolute atomic E-state index is 11.8. The van der Waals surface area contributed by atoms with Gasteiger partial charge >= 0.3 is 11.8 Å². The number of benzene rings is 1. The second-order valence-electron chi connectivity index (χ2n) is 6.47. The van der Waals surface area contributed by atoms with Crippen molar-refractivity contribution in [3.8, 4) is 0 Å². The second-order valence-corrected chi connectivity index (χ2v) is 6.47. The summed E-state index contributed by atoms with van der Waals surface area (Å²) in [4.78, 5) is 23.6. The van der Waals surface area contributed by atoms with Crippen molar-refractivity contribution in [1.82, 2.24) is 10.6 Å². The van der Waals surface area contributed by atoms with Crippen molar-refractivity contribution in [2.24, 2.45) is 5.92 Å². The van der Waals surface area contributed by atoms with Gasteiger partial charge in [-0.2, -0.15) is 0 Å². The Labute approximate surface area is 144 Å². The summed E-state index contributed by atoms with van der Waals surface area (Å²) in [5, 5.41) is 8.74. The summed E-state index contributed by atoms with van der Waals surface area (Å²) in [5.41, 5.74) is 1.85. The average molecular weight is 331 g/mol. The zero-order chi connectivity index (χ0) is 17.2. The van der Waals surface area contributed by atoms with Crippen molar-refractivity contribution in [3.63, 3.8) is 0 Å². The van der Waals surface area contributed by atoms with E-state index >= 15 is 0 Å². The molecule has 5 nitrogen and oxygen atoms in total. The standard InChI is InChI=1S/C19H29N3O2/c1-2-15-8-10-17(11-9-15)22-19(24)18(23)21-13-4-3-6-16-7-5-12-20-14-16/h8-11,16,20H,2-7,12-14H2,1H3,(H,21,23)(H,22,24)/t16-/m1/s1. The first kappa shape index (κ1) is 18.5. The van der Waals surface area contributed by atoms with E-state index in [0.29, 0.717) is 12.2 Å². The number of aryl methyl sites for hydroxylation is 1. The van der Waals surface area contributed by atoms with Gasteiger partial charge in [0.2, 0.25) is 0 Å². The minimum absolute atomic E-state index is 0.557. The van der Waals surface area contributed by atoms with E-state index in [4.69, 9.17) is 0 Å². The van der Waals surface area contributed by atoms with E-state index in [1.165, 1.54) is 24.8 Å². The second kappa shape index (κ2) is 10.1. The van der Waals surface area contributed by atoms with Crippen LogP contribution in [0.4, 0.5) is 5.69 Å². The normalized spacial score (nSPS) is 17.3. The third kappa shape index (κ3) is 6.32. The Morgan fingerprint density at radius 1 is 1.17 bits per heavy atom. The molecule has 5 heteroatoms. The maximum Gasteiger partial charge on any atom is 0.313 e. The van der Waals surface area contributed by atoms with Crippen molar-refractivity contribution >= 4 is 17.5 Å². The van der Waals surface area contributed by atoms with Crippen molar-refractivity contribution in [2.75, 3.05) is 25.0 Å². The quantitative estimate of drug-likeness (QED) is 0.531. The number of nitrogens with one attached hydrogen (secondary N) is 3. The molecule has 1 heterocycles. The highest BCUT2D eigenvalue weighted by molar-refractivity contribution is 6.39. The van der Waals surface area contributed by atoms with Gasteiger partial charge in [-0.25, -0.2) is 0 Å². The Morgan fingerprint density at radius 3 is 2.62 bits per heavy atom. The minimum atomic E-state index is -0.601. The molecule has 1 fully saturated rings. The molecule has 0 spiro atoms. The van der Waals surface area contributed by atoms with Crippen LogP contribution in [0.5, 0.6) is 0 Å². The number of carbonyl (C=O) groups is 2. The van der Waals surface area contributed by atoms with Gasteiger partial charge in [-0.05, 0) is 68.8 Å². The predicted molar refractivity (Wildman–Crippen MR) is 96.9 cm³/mol. The van der Waals surface area contributed by atoms with E-state index in [9.17, 15) is 9.59 Å². The van der Waals surface area contributed by atoms with Crippen LogP contribution in [0.15, 0.2) is 24.3 Å². The molecule has 1 aliphatic heterocycles. The first-order valence-electron chi connectivity index (χ1n) is 9.08. The van der Waals surface area contributed by atoms with Crippen LogP contribution in [0.3, 0.4) is 0 Å². The van der Waals surface area contributed by atoms with Crippen LogP contribution >= 0.6 is 0 Å². The Hall–Kier alpha value is -1.88. The van der Waals surface area contributed by atoms with E-state index < -0.39 is 11.8 Å². The zero-order valence-electron chi connectivity index (χ0n) is 14.6. The zero-order valence-corrected chi connectivity index (χ0v) is 14.6. The van der Waals surface area contributed by atoms with Gasteiger partial charge in [0.05, 0.1) is 0 Å². The largest absolute Gasteiger partial charge is 0.348 e. The lowest BCUT2D eigenvalue weighted by molar-refractivity contribution is -0.136. The van der Waals surface area contributed by atoms with Gasteiger partial charge in [0.1, 0.15) is 0 Å². The molecule has 1 aromatic rings. The Balaban J connectivity index is 1.59. The minimum Gasteiger partial charge on any atom is -0.348 e. The molecule has 0 aliphatic carbocycles. The highest BCUT2D eigenvalue weighted by Gasteiger charge is 2.14. The van der Waals surface area contributed by atoms with Crippen LogP contribution in [0, 0.1) is 5.92 Å². The highest BCUT2D eigenvalue weighted by Crippen LogP contribution is 2.16. The highest BCUT2D eigenvalue weighted by atomic mass is 16.2. The number of anilines is 1. The van der Waals surface area contributed by atoms with Gasteiger partial charge in [0, 0.05) is 12.2 Å². The number of piperidine rings is 1. The van der Waals surface area contributed by atoms with Crippen LogP contribution in [0.2, 0.25) is 0 Å². The Bertz CT molecular complexity index is 522. The lowest BCUT2D eigenvalue weighted by atomic mass is 9.94. The number of hydrogen-bond acceptors (Lipinski definition) is 3. The molecule has 0 unspecified atom stereocenters. The first-order valence-corrected chi connectivity index (χ1v) is 9.08. The molecular formula is C19H29N3O2. The fourth-order valence-corrected chi connectivity index (χ4v) is 3.02. The molecule has 132 valence electrons. The van der Waals surface area contributed by atoms with Crippen molar-refractivity contribution in [2.45, 2.75) is 45.4 Å². The number of carbonyl (C=O) groups excluding carboxylic acids is 2. The number of rotatable bonds is 7. The number of unbranched alkanes of at least 4 members (excludes halogenated alkanes) is 1. The third-order valence-electron chi connectivity index (χ3n) is 4.55. The summed E-state index contributed by atoms with van der Waals surface area (Å²) in [5.74, 6) is -0.395. The van der Waals surface area contributed by atoms with Gasteiger partial charge in [0.15, 0.2) is 0 Å². The van der Waals surface area contributed by atoms with Crippen LogP contribution in [0.25, 0.3) is 0 Å². The van der Waals surface area contributed by atoms with E-state index in [1.807, 2.05) is 24.3 Å². The van der Waals surface area contributed by atoms with Crippen LogP contribution in [-0.4, -0.2) is 31.4 Å². The third-order valence-corrected chi connectivity index (χ3v) is 4.55.